The second-order valence-electron chi connectivity index (χ2n) is 6.35. The highest BCUT2D eigenvalue weighted by Gasteiger charge is 2.26. The lowest BCUT2D eigenvalue weighted by atomic mass is 10.0. The molecule has 1 amide bonds. The van der Waals surface area contributed by atoms with E-state index >= 15 is 0 Å². The molecule has 1 aliphatic rings. The summed E-state index contributed by atoms with van der Waals surface area (Å²) < 4.78 is 7.50. The fraction of sp³-hybridized carbons (Fsp3) is 0.300. The Morgan fingerprint density at radius 1 is 1.20 bits per heavy atom. The highest BCUT2D eigenvalue weighted by Crippen LogP contribution is 2.36. The largest absolute Gasteiger partial charge is 0.495 e. The van der Waals surface area contributed by atoms with E-state index < -0.39 is 0 Å². The number of aryl methyl sites for hydroxylation is 2. The van der Waals surface area contributed by atoms with E-state index in [9.17, 15) is 4.79 Å². The fourth-order valence-corrected chi connectivity index (χ4v) is 3.65. The summed E-state index contributed by atoms with van der Waals surface area (Å²) in [5, 5.41) is 0. The van der Waals surface area contributed by atoms with Crippen molar-refractivity contribution < 1.29 is 9.53 Å². The van der Waals surface area contributed by atoms with Crippen LogP contribution < -0.4 is 9.64 Å². The topological polar surface area (TPSA) is 47.4 Å². The molecular formula is C20H21N3O2. The molecule has 1 aliphatic heterocycles. The smallest absolute Gasteiger partial charge is 0.247 e. The van der Waals surface area contributed by atoms with E-state index in [1.807, 2.05) is 52.8 Å². The summed E-state index contributed by atoms with van der Waals surface area (Å²) >= 11 is 0. The van der Waals surface area contributed by atoms with Gasteiger partial charge in [-0.25, -0.2) is 4.98 Å². The molecule has 3 aromatic rings. The number of nitrogens with zero attached hydrogens (tertiary/aromatic N) is 3. The Kier molecular flexibility index (Phi) is 3.92. The summed E-state index contributed by atoms with van der Waals surface area (Å²) in [5.74, 6) is 1.68. The van der Waals surface area contributed by atoms with Crippen LogP contribution in [0, 0.1) is 6.92 Å². The number of para-hydroxylation sites is 3. The van der Waals surface area contributed by atoms with Crippen LogP contribution in [0.15, 0.2) is 42.5 Å². The summed E-state index contributed by atoms with van der Waals surface area (Å²) in [5.41, 5.74) is 4.00. The maximum atomic E-state index is 13.1. The van der Waals surface area contributed by atoms with Crippen molar-refractivity contribution in [2.45, 2.75) is 26.3 Å². The number of carbonyl (C=O) groups excluding carboxylic acids is 1. The average Bonchev–Trinajstić information content (AvgIpc) is 2.96. The van der Waals surface area contributed by atoms with Crippen LogP contribution in [0.3, 0.4) is 0 Å². The molecule has 5 nitrogen and oxygen atoms in total. The number of methoxy groups -OCH3 is 1. The van der Waals surface area contributed by atoms with E-state index in [1.54, 1.807) is 7.11 Å². The van der Waals surface area contributed by atoms with E-state index in [0.717, 1.165) is 47.7 Å². The molecule has 0 saturated carbocycles. The number of ether oxygens (including phenoxy) is 1. The maximum Gasteiger partial charge on any atom is 0.247 e. The molecular weight excluding hydrogens is 314 g/mol. The molecule has 0 atom stereocenters. The zero-order chi connectivity index (χ0) is 17.4. The molecule has 0 unspecified atom stereocenters. The minimum Gasteiger partial charge on any atom is -0.495 e. The van der Waals surface area contributed by atoms with Gasteiger partial charge in [0.2, 0.25) is 5.91 Å². The van der Waals surface area contributed by atoms with Gasteiger partial charge in [0, 0.05) is 6.54 Å². The summed E-state index contributed by atoms with van der Waals surface area (Å²) in [6, 6.07) is 13.9. The van der Waals surface area contributed by atoms with Gasteiger partial charge in [0.25, 0.3) is 0 Å². The van der Waals surface area contributed by atoms with E-state index in [0.29, 0.717) is 0 Å². The van der Waals surface area contributed by atoms with Crippen LogP contribution >= 0.6 is 0 Å². The number of anilines is 1. The van der Waals surface area contributed by atoms with Crippen LogP contribution in [0.2, 0.25) is 0 Å². The van der Waals surface area contributed by atoms with Gasteiger partial charge in [-0.15, -0.1) is 0 Å². The molecule has 4 rings (SSSR count). The third kappa shape index (κ3) is 2.65. The van der Waals surface area contributed by atoms with Crippen LogP contribution in [0.1, 0.15) is 17.8 Å². The third-order valence-corrected chi connectivity index (χ3v) is 4.84. The molecule has 0 radical (unpaired) electrons. The number of hydrogen-bond donors (Lipinski definition) is 0. The summed E-state index contributed by atoms with van der Waals surface area (Å²) in [6.07, 6.45) is 1.94. The molecule has 0 N–H and O–H groups in total. The molecule has 1 aromatic heterocycles. The highest BCUT2D eigenvalue weighted by atomic mass is 16.5. The predicted octanol–water partition coefficient (Wildman–Crippen LogP) is 3.33. The van der Waals surface area contributed by atoms with Gasteiger partial charge in [-0.3, -0.25) is 4.79 Å². The van der Waals surface area contributed by atoms with Crippen molar-refractivity contribution >= 4 is 22.6 Å². The first kappa shape index (κ1) is 15.7. The normalized spacial score (nSPS) is 13.8. The second-order valence-corrected chi connectivity index (χ2v) is 6.35. The minimum atomic E-state index is 0.0664. The number of carbonyl (C=O) groups is 1. The standard InChI is InChI=1S/C20H21N3O2/c1-14-21-16-9-3-4-10-17(16)23(14)13-19(24)22-12-6-8-15-7-5-11-18(25-2)20(15)22/h3-5,7,9-11H,6,8,12-13H2,1-2H3. The molecule has 128 valence electrons. The number of imidazole rings is 1. The van der Waals surface area contributed by atoms with E-state index in [1.165, 1.54) is 5.56 Å². The molecule has 2 aromatic carbocycles. The fourth-order valence-electron chi connectivity index (χ4n) is 3.65. The molecule has 0 spiro atoms. The van der Waals surface area contributed by atoms with Crippen molar-refractivity contribution in [3.63, 3.8) is 0 Å². The summed E-state index contributed by atoms with van der Waals surface area (Å²) in [7, 11) is 1.65. The van der Waals surface area contributed by atoms with Crippen LogP contribution in [0.25, 0.3) is 11.0 Å². The quantitative estimate of drug-likeness (QED) is 0.737. The Bertz CT molecular complexity index is 931. The predicted molar refractivity (Wildman–Crippen MR) is 98.1 cm³/mol. The first-order valence-corrected chi connectivity index (χ1v) is 8.57. The van der Waals surface area contributed by atoms with Gasteiger partial charge in [0.1, 0.15) is 18.1 Å². The molecule has 0 fully saturated rings. The molecule has 25 heavy (non-hydrogen) atoms. The van der Waals surface area contributed by atoms with Gasteiger partial charge in [-0.05, 0) is 43.5 Å². The lowest BCUT2D eigenvalue weighted by Gasteiger charge is -2.31. The van der Waals surface area contributed by atoms with Crippen LogP contribution in [0.5, 0.6) is 5.75 Å². The number of aromatic nitrogens is 2. The maximum absolute atomic E-state index is 13.1. The average molecular weight is 335 g/mol. The number of hydrogen-bond acceptors (Lipinski definition) is 3. The SMILES string of the molecule is COc1cccc2c1N(C(=O)Cn1c(C)nc3ccccc31)CCC2. The van der Waals surface area contributed by atoms with Crippen LogP contribution in [-0.4, -0.2) is 29.1 Å². The zero-order valence-electron chi connectivity index (χ0n) is 14.5. The van der Waals surface area contributed by atoms with Crippen molar-refractivity contribution in [1.82, 2.24) is 9.55 Å². The number of amides is 1. The minimum absolute atomic E-state index is 0.0664. The zero-order valence-corrected chi connectivity index (χ0v) is 14.5. The first-order valence-electron chi connectivity index (χ1n) is 8.57. The monoisotopic (exact) mass is 335 g/mol. The van der Waals surface area contributed by atoms with Crippen LogP contribution in [0.4, 0.5) is 5.69 Å². The molecule has 5 heteroatoms. The van der Waals surface area contributed by atoms with Gasteiger partial charge >= 0.3 is 0 Å². The van der Waals surface area contributed by atoms with Crippen LogP contribution in [-0.2, 0) is 17.8 Å². The summed E-state index contributed by atoms with van der Waals surface area (Å²) in [4.78, 5) is 19.5. The van der Waals surface area contributed by atoms with Crippen molar-refractivity contribution in [3.05, 3.63) is 53.9 Å². The second kappa shape index (κ2) is 6.24. The van der Waals surface area contributed by atoms with Crippen molar-refractivity contribution in [2.75, 3.05) is 18.6 Å². The van der Waals surface area contributed by atoms with Crippen molar-refractivity contribution in [3.8, 4) is 5.75 Å². The summed E-state index contributed by atoms with van der Waals surface area (Å²) in [6.45, 7) is 2.94. The van der Waals surface area contributed by atoms with Crippen molar-refractivity contribution in [1.29, 1.82) is 0 Å². The number of rotatable bonds is 3. The lowest BCUT2D eigenvalue weighted by Crippen LogP contribution is -2.38. The van der Waals surface area contributed by atoms with E-state index in [4.69, 9.17) is 4.74 Å². The van der Waals surface area contributed by atoms with Gasteiger partial charge in [0.15, 0.2) is 0 Å². The molecule has 0 aliphatic carbocycles. The highest BCUT2D eigenvalue weighted by molar-refractivity contribution is 5.97. The third-order valence-electron chi connectivity index (χ3n) is 4.84. The Hall–Kier alpha value is -2.82. The Labute approximate surface area is 146 Å². The van der Waals surface area contributed by atoms with Gasteiger partial charge < -0.3 is 14.2 Å². The Morgan fingerprint density at radius 2 is 2.04 bits per heavy atom. The van der Waals surface area contributed by atoms with E-state index in [2.05, 4.69) is 11.1 Å². The van der Waals surface area contributed by atoms with Gasteiger partial charge in [-0.2, -0.15) is 0 Å². The number of benzene rings is 2. The van der Waals surface area contributed by atoms with Gasteiger partial charge in [0.05, 0.1) is 23.8 Å². The van der Waals surface area contributed by atoms with E-state index in [-0.39, 0.29) is 12.5 Å². The first-order chi connectivity index (χ1) is 12.2. The molecule has 0 bridgehead atoms. The van der Waals surface area contributed by atoms with Crippen molar-refractivity contribution in [2.24, 2.45) is 0 Å². The molecule has 0 saturated heterocycles. The molecule has 2 heterocycles. The Balaban J connectivity index is 1.70. The van der Waals surface area contributed by atoms with Gasteiger partial charge in [-0.1, -0.05) is 24.3 Å². The lowest BCUT2D eigenvalue weighted by molar-refractivity contribution is -0.119. The Morgan fingerprint density at radius 3 is 2.88 bits per heavy atom. The number of fused-ring (bicyclic) bond motifs is 2.